The van der Waals surface area contributed by atoms with Crippen molar-refractivity contribution in [3.8, 4) is 5.75 Å². The lowest BCUT2D eigenvalue weighted by Gasteiger charge is -2.18. The molecule has 4 nitrogen and oxygen atoms in total. The fourth-order valence-electron chi connectivity index (χ4n) is 2.05. The number of rotatable bonds is 7. The zero-order chi connectivity index (χ0) is 15.9. The van der Waals surface area contributed by atoms with Crippen LogP contribution in [0, 0.1) is 11.7 Å². The van der Waals surface area contributed by atoms with E-state index in [1.54, 1.807) is 19.2 Å². The van der Waals surface area contributed by atoms with Crippen LogP contribution in [0.25, 0.3) is 0 Å². The molecule has 22 heavy (non-hydrogen) atoms. The number of hydrogen-bond acceptors (Lipinski definition) is 2. The van der Waals surface area contributed by atoms with Gasteiger partial charge < -0.3 is 15.4 Å². The summed E-state index contributed by atoms with van der Waals surface area (Å²) in [5, 5.41) is 6.30. The van der Waals surface area contributed by atoms with E-state index in [2.05, 4.69) is 22.2 Å². The number of benzene rings is 1. The molecule has 0 saturated heterocycles. The van der Waals surface area contributed by atoms with Crippen LogP contribution in [0.15, 0.2) is 35.8 Å². The van der Waals surface area contributed by atoms with Crippen LogP contribution in [-0.2, 0) is 0 Å². The molecule has 0 heterocycles. The molecule has 2 rings (SSSR count). The van der Waals surface area contributed by atoms with Gasteiger partial charge in [0.25, 0.3) is 0 Å². The van der Waals surface area contributed by atoms with Gasteiger partial charge in [0.1, 0.15) is 0 Å². The number of hydrogen-bond donors (Lipinski definition) is 2. The van der Waals surface area contributed by atoms with Crippen LogP contribution >= 0.6 is 0 Å². The lowest BCUT2D eigenvalue weighted by Crippen LogP contribution is -2.38. The Kier molecular flexibility index (Phi) is 5.81. The average molecular weight is 305 g/mol. The molecule has 1 aromatic rings. The topological polar surface area (TPSA) is 45.7 Å². The molecule has 0 aliphatic heterocycles. The van der Waals surface area contributed by atoms with Gasteiger partial charge in [0.2, 0.25) is 0 Å². The summed E-state index contributed by atoms with van der Waals surface area (Å²) < 4.78 is 19.6. The Labute approximate surface area is 131 Å². The lowest BCUT2D eigenvalue weighted by atomic mass is 10.1. The molecule has 5 heteroatoms. The standard InChI is InChI=1S/C17H24FN3O/c1-4-9-20-17(19-3)21-12(2)14-7-8-16(15(18)10-14)22-11-13-5-6-13/h4,7-8,10,12-13H,1,5-6,9,11H2,2-3H3,(H2,19,20,21). The van der Waals surface area contributed by atoms with Gasteiger partial charge in [0, 0.05) is 13.6 Å². The average Bonchev–Trinajstić information content (AvgIpc) is 3.34. The summed E-state index contributed by atoms with van der Waals surface area (Å²) in [5.41, 5.74) is 0.845. The quantitative estimate of drug-likeness (QED) is 0.462. The van der Waals surface area contributed by atoms with Crippen LogP contribution in [-0.4, -0.2) is 26.2 Å². The molecule has 0 radical (unpaired) electrons. The molecule has 2 N–H and O–H groups in total. The van der Waals surface area contributed by atoms with Gasteiger partial charge in [-0.1, -0.05) is 12.1 Å². The van der Waals surface area contributed by atoms with Crippen molar-refractivity contribution in [2.75, 3.05) is 20.2 Å². The van der Waals surface area contributed by atoms with Crippen molar-refractivity contribution in [3.63, 3.8) is 0 Å². The zero-order valence-corrected chi connectivity index (χ0v) is 13.2. The van der Waals surface area contributed by atoms with Crippen LogP contribution in [0.2, 0.25) is 0 Å². The number of guanidine groups is 1. The Morgan fingerprint density at radius 2 is 2.32 bits per heavy atom. The minimum absolute atomic E-state index is 0.0667. The highest BCUT2D eigenvalue weighted by Crippen LogP contribution is 2.30. The summed E-state index contributed by atoms with van der Waals surface area (Å²) in [4.78, 5) is 4.12. The second-order valence-corrected chi connectivity index (χ2v) is 5.55. The molecule has 1 aromatic carbocycles. The second-order valence-electron chi connectivity index (χ2n) is 5.55. The Bertz CT molecular complexity index is 541. The van der Waals surface area contributed by atoms with Gasteiger partial charge >= 0.3 is 0 Å². The molecule has 1 fully saturated rings. The number of halogens is 1. The van der Waals surface area contributed by atoms with E-state index < -0.39 is 0 Å². The van der Waals surface area contributed by atoms with Gasteiger partial charge in [0.15, 0.2) is 17.5 Å². The molecule has 1 atom stereocenters. The van der Waals surface area contributed by atoms with Crippen molar-refractivity contribution in [1.29, 1.82) is 0 Å². The molecule has 1 aliphatic rings. The summed E-state index contributed by atoms with van der Waals surface area (Å²) >= 11 is 0. The van der Waals surface area contributed by atoms with E-state index in [4.69, 9.17) is 4.74 Å². The summed E-state index contributed by atoms with van der Waals surface area (Å²) in [6, 6.07) is 5.03. The Balaban J connectivity index is 1.95. The van der Waals surface area contributed by atoms with Gasteiger partial charge in [-0.15, -0.1) is 6.58 Å². The summed E-state index contributed by atoms with van der Waals surface area (Å²) in [6.45, 7) is 6.84. The molecule has 0 aromatic heterocycles. The zero-order valence-electron chi connectivity index (χ0n) is 13.2. The highest BCUT2D eigenvalue weighted by molar-refractivity contribution is 5.80. The maximum absolute atomic E-state index is 14.1. The summed E-state index contributed by atoms with van der Waals surface area (Å²) in [7, 11) is 1.69. The Hall–Kier alpha value is -2.04. The van der Waals surface area contributed by atoms with E-state index in [1.165, 1.54) is 18.9 Å². The monoisotopic (exact) mass is 305 g/mol. The first kappa shape index (κ1) is 16.3. The van der Waals surface area contributed by atoms with Crippen molar-refractivity contribution in [3.05, 3.63) is 42.2 Å². The van der Waals surface area contributed by atoms with E-state index in [0.29, 0.717) is 30.8 Å². The van der Waals surface area contributed by atoms with E-state index >= 15 is 0 Å². The van der Waals surface area contributed by atoms with Crippen LogP contribution in [0.3, 0.4) is 0 Å². The van der Waals surface area contributed by atoms with E-state index in [9.17, 15) is 4.39 Å². The predicted octanol–water partition coefficient (Wildman–Crippen LogP) is 3.03. The van der Waals surface area contributed by atoms with Crippen molar-refractivity contribution in [2.24, 2.45) is 10.9 Å². The van der Waals surface area contributed by atoms with Crippen molar-refractivity contribution < 1.29 is 9.13 Å². The van der Waals surface area contributed by atoms with Crippen LogP contribution in [0.4, 0.5) is 4.39 Å². The smallest absolute Gasteiger partial charge is 0.191 e. The van der Waals surface area contributed by atoms with Crippen LogP contribution in [0.1, 0.15) is 31.4 Å². The fourth-order valence-corrected chi connectivity index (χ4v) is 2.05. The normalized spacial score (nSPS) is 16.0. The van der Waals surface area contributed by atoms with Crippen molar-refractivity contribution >= 4 is 5.96 Å². The SMILES string of the molecule is C=CCNC(=NC)NC(C)c1ccc(OCC2CC2)c(F)c1. The van der Waals surface area contributed by atoms with Crippen LogP contribution < -0.4 is 15.4 Å². The predicted molar refractivity (Wildman–Crippen MR) is 87.7 cm³/mol. The molecule has 0 spiro atoms. The van der Waals surface area contributed by atoms with Gasteiger partial charge in [-0.2, -0.15) is 0 Å². The van der Waals surface area contributed by atoms with Gasteiger partial charge in [-0.25, -0.2) is 4.39 Å². The second kappa shape index (κ2) is 7.82. The molecule has 120 valence electrons. The van der Waals surface area contributed by atoms with Crippen molar-refractivity contribution in [2.45, 2.75) is 25.8 Å². The van der Waals surface area contributed by atoms with Gasteiger partial charge in [-0.3, -0.25) is 4.99 Å². The molecule has 1 aliphatic carbocycles. The highest BCUT2D eigenvalue weighted by Gasteiger charge is 2.22. The van der Waals surface area contributed by atoms with Gasteiger partial charge in [0.05, 0.1) is 12.6 Å². The first-order chi connectivity index (χ1) is 10.6. The van der Waals surface area contributed by atoms with Crippen molar-refractivity contribution in [1.82, 2.24) is 10.6 Å². The Morgan fingerprint density at radius 3 is 2.91 bits per heavy atom. The summed E-state index contributed by atoms with van der Waals surface area (Å²) in [6.07, 6.45) is 4.14. The van der Waals surface area contributed by atoms with E-state index in [-0.39, 0.29) is 11.9 Å². The third kappa shape index (κ3) is 4.76. The highest BCUT2D eigenvalue weighted by atomic mass is 19.1. The number of nitrogens with one attached hydrogen (secondary N) is 2. The Morgan fingerprint density at radius 1 is 1.55 bits per heavy atom. The maximum atomic E-state index is 14.1. The minimum atomic E-state index is -0.319. The lowest BCUT2D eigenvalue weighted by molar-refractivity contribution is 0.285. The number of nitrogens with zero attached hydrogens (tertiary/aromatic N) is 1. The third-order valence-electron chi connectivity index (χ3n) is 3.62. The fraction of sp³-hybridized carbons (Fsp3) is 0.471. The van der Waals surface area contributed by atoms with Gasteiger partial charge in [-0.05, 0) is 43.4 Å². The molecule has 0 amide bonds. The summed E-state index contributed by atoms with van der Waals surface area (Å²) in [5.74, 6) is 1.28. The number of ether oxygens (including phenoxy) is 1. The maximum Gasteiger partial charge on any atom is 0.191 e. The molecule has 0 bridgehead atoms. The molecule has 1 saturated carbocycles. The molecular formula is C17H24FN3O. The third-order valence-corrected chi connectivity index (χ3v) is 3.62. The minimum Gasteiger partial charge on any atom is -0.490 e. The van der Waals surface area contributed by atoms with Crippen LogP contribution in [0.5, 0.6) is 5.75 Å². The first-order valence-electron chi connectivity index (χ1n) is 7.64. The molecule has 1 unspecified atom stereocenters. The molecular weight excluding hydrogens is 281 g/mol. The van der Waals surface area contributed by atoms with E-state index in [0.717, 1.165) is 5.56 Å². The number of aliphatic imine (C=N–C) groups is 1. The van der Waals surface area contributed by atoms with E-state index in [1.807, 2.05) is 13.0 Å². The first-order valence-corrected chi connectivity index (χ1v) is 7.64. The largest absolute Gasteiger partial charge is 0.490 e.